The van der Waals surface area contributed by atoms with E-state index in [1.54, 1.807) is 38.1 Å². The number of hydrogen-bond donors (Lipinski definition) is 1. The number of hydrogen-bond acceptors (Lipinski definition) is 2. The molecule has 0 saturated heterocycles. The normalized spacial score (nSPS) is 11.8. The second kappa shape index (κ2) is 4.38. The predicted octanol–water partition coefficient (Wildman–Crippen LogP) is 1.76. The molecule has 15 heavy (non-hydrogen) atoms. The van der Waals surface area contributed by atoms with Crippen molar-refractivity contribution in [2.45, 2.75) is 19.9 Å². The molecule has 0 radical (unpaired) electrons. The molecule has 0 unspecified atom stereocenters. The third-order valence-electron chi connectivity index (χ3n) is 1.83. The first-order valence-corrected chi connectivity index (χ1v) is 6.29. The van der Waals surface area contributed by atoms with E-state index in [2.05, 4.69) is 0 Å². The largest absolute Gasteiger partial charge is 0.299 e. The number of rotatable bonds is 3. The van der Waals surface area contributed by atoms with Gasteiger partial charge in [0.05, 0.1) is 10.7 Å². The Kier molecular flexibility index (Phi) is 3.59. The summed E-state index contributed by atoms with van der Waals surface area (Å²) < 4.78 is 23.8. The van der Waals surface area contributed by atoms with Crippen LogP contribution in [-0.2, 0) is 10.2 Å². The molecule has 0 aliphatic carbocycles. The van der Waals surface area contributed by atoms with Crippen molar-refractivity contribution in [3.8, 4) is 0 Å². The Balaban J connectivity index is 3.29. The summed E-state index contributed by atoms with van der Waals surface area (Å²) in [5, 5.41) is 5.48. The van der Waals surface area contributed by atoms with E-state index in [-0.39, 0.29) is 6.04 Å². The van der Waals surface area contributed by atoms with E-state index in [1.165, 1.54) is 0 Å². The molecule has 0 fully saturated rings. The van der Waals surface area contributed by atoms with Crippen LogP contribution in [0.5, 0.6) is 0 Å². The van der Waals surface area contributed by atoms with Crippen LogP contribution >= 0.6 is 11.6 Å². The lowest BCUT2D eigenvalue weighted by Gasteiger charge is -2.26. The molecule has 1 aromatic rings. The van der Waals surface area contributed by atoms with Gasteiger partial charge in [-0.15, -0.1) is 0 Å². The quantitative estimate of drug-likeness (QED) is 0.886. The minimum Gasteiger partial charge on any atom is -0.254 e. The van der Waals surface area contributed by atoms with E-state index in [0.717, 1.165) is 4.31 Å². The second-order valence-corrected chi connectivity index (χ2v) is 5.22. The van der Waals surface area contributed by atoms with Crippen molar-refractivity contribution < 1.29 is 8.42 Å². The lowest BCUT2D eigenvalue weighted by atomic mass is 10.3. The van der Waals surface area contributed by atoms with Gasteiger partial charge in [0.15, 0.2) is 0 Å². The summed E-state index contributed by atoms with van der Waals surface area (Å²) in [6, 6.07) is 6.40. The maximum atomic E-state index is 11.4. The van der Waals surface area contributed by atoms with E-state index in [9.17, 15) is 8.42 Å². The zero-order valence-electron chi connectivity index (χ0n) is 8.51. The minimum atomic E-state index is -3.79. The number of nitrogens with two attached hydrogens (primary N) is 1. The molecule has 0 amide bonds. The van der Waals surface area contributed by atoms with Crippen molar-refractivity contribution in [1.82, 2.24) is 0 Å². The molecular formula is C9H13ClN2O2S. The van der Waals surface area contributed by atoms with Crippen LogP contribution in [0.1, 0.15) is 13.8 Å². The van der Waals surface area contributed by atoms with Crippen molar-refractivity contribution in [1.29, 1.82) is 0 Å². The lowest BCUT2D eigenvalue weighted by Crippen LogP contribution is -2.41. The van der Waals surface area contributed by atoms with Gasteiger partial charge in [-0.3, -0.25) is 4.31 Å². The first-order valence-electron chi connectivity index (χ1n) is 4.40. The number of nitrogens with zero attached hydrogens (tertiary/aromatic N) is 1. The van der Waals surface area contributed by atoms with Crippen molar-refractivity contribution in [2.24, 2.45) is 5.14 Å². The first-order chi connectivity index (χ1) is 6.84. The SMILES string of the molecule is CC(C)N(c1ccccc1Cl)S(N)(=O)=O. The molecule has 4 nitrogen and oxygen atoms in total. The second-order valence-electron chi connectivity index (χ2n) is 3.39. The standard InChI is InChI=1S/C9H13ClN2O2S/c1-7(2)12(15(11,13)14)9-6-4-3-5-8(9)10/h3-7H,1-2H3,(H2,11,13,14). The summed E-state index contributed by atoms with van der Waals surface area (Å²) >= 11 is 5.91. The monoisotopic (exact) mass is 248 g/mol. The van der Waals surface area contributed by atoms with Crippen LogP contribution in [0.25, 0.3) is 0 Å². The minimum absolute atomic E-state index is 0.278. The Labute approximate surface area is 94.8 Å². The summed E-state index contributed by atoms with van der Waals surface area (Å²) in [7, 11) is -3.79. The van der Waals surface area contributed by atoms with Crippen LogP contribution in [0.2, 0.25) is 5.02 Å². The lowest BCUT2D eigenvalue weighted by molar-refractivity contribution is 0.586. The Hall–Kier alpha value is -0.780. The van der Waals surface area contributed by atoms with Gasteiger partial charge in [0.1, 0.15) is 0 Å². The van der Waals surface area contributed by atoms with E-state index in [4.69, 9.17) is 16.7 Å². The van der Waals surface area contributed by atoms with Crippen molar-refractivity contribution in [2.75, 3.05) is 4.31 Å². The zero-order chi connectivity index (χ0) is 11.6. The Morgan fingerprint density at radius 2 is 1.87 bits per heavy atom. The molecule has 84 valence electrons. The van der Waals surface area contributed by atoms with Gasteiger partial charge in [0, 0.05) is 6.04 Å². The van der Waals surface area contributed by atoms with Crippen LogP contribution in [0.3, 0.4) is 0 Å². The maximum absolute atomic E-state index is 11.4. The highest BCUT2D eigenvalue weighted by atomic mass is 35.5. The summed E-state index contributed by atoms with van der Waals surface area (Å²) in [6.07, 6.45) is 0. The van der Waals surface area contributed by atoms with Crippen LogP contribution < -0.4 is 9.44 Å². The molecule has 2 N–H and O–H groups in total. The highest BCUT2D eigenvalue weighted by molar-refractivity contribution is 7.90. The van der Waals surface area contributed by atoms with Crippen molar-refractivity contribution in [3.63, 3.8) is 0 Å². The number of benzene rings is 1. The smallest absolute Gasteiger partial charge is 0.254 e. The van der Waals surface area contributed by atoms with E-state index < -0.39 is 10.2 Å². The highest BCUT2D eigenvalue weighted by Gasteiger charge is 2.22. The van der Waals surface area contributed by atoms with Gasteiger partial charge < -0.3 is 0 Å². The number of anilines is 1. The molecule has 0 atom stereocenters. The average molecular weight is 249 g/mol. The molecule has 1 rings (SSSR count). The van der Waals surface area contributed by atoms with Crippen LogP contribution in [0.4, 0.5) is 5.69 Å². The summed E-state index contributed by atoms with van der Waals surface area (Å²) in [5.41, 5.74) is 0.400. The fraction of sp³-hybridized carbons (Fsp3) is 0.333. The van der Waals surface area contributed by atoms with Crippen molar-refractivity contribution >= 4 is 27.5 Å². The molecule has 0 aliphatic heterocycles. The molecule has 0 aromatic heterocycles. The average Bonchev–Trinajstić information content (AvgIpc) is 2.05. The molecular weight excluding hydrogens is 236 g/mol. The van der Waals surface area contributed by atoms with Crippen LogP contribution in [0.15, 0.2) is 24.3 Å². The number of para-hydroxylation sites is 1. The van der Waals surface area contributed by atoms with Crippen molar-refractivity contribution in [3.05, 3.63) is 29.3 Å². The molecule has 0 saturated carbocycles. The highest BCUT2D eigenvalue weighted by Crippen LogP contribution is 2.27. The van der Waals surface area contributed by atoms with E-state index >= 15 is 0 Å². The molecule has 6 heteroatoms. The first kappa shape index (κ1) is 12.3. The molecule has 1 aromatic carbocycles. The van der Waals surface area contributed by atoms with Gasteiger partial charge >= 0.3 is 0 Å². The van der Waals surface area contributed by atoms with Crippen LogP contribution in [0, 0.1) is 0 Å². The fourth-order valence-corrected chi connectivity index (χ4v) is 2.64. The zero-order valence-corrected chi connectivity index (χ0v) is 10.1. The molecule has 0 heterocycles. The van der Waals surface area contributed by atoms with Gasteiger partial charge in [0.2, 0.25) is 0 Å². The third kappa shape index (κ3) is 2.84. The Morgan fingerprint density at radius 3 is 2.27 bits per heavy atom. The molecule has 0 spiro atoms. The van der Waals surface area contributed by atoms with E-state index in [0.29, 0.717) is 10.7 Å². The summed E-state index contributed by atoms with van der Waals surface area (Å²) in [5.74, 6) is 0. The Morgan fingerprint density at radius 1 is 1.33 bits per heavy atom. The van der Waals surface area contributed by atoms with Gasteiger partial charge in [0.25, 0.3) is 10.2 Å². The summed E-state index contributed by atoms with van der Waals surface area (Å²) in [4.78, 5) is 0. The Bertz CT molecular complexity index is 445. The fourth-order valence-electron chi connectivity index (χ4n) is 1.34. The third-order valence-corrected chi connectivity index (χ3v) is 3.32. The molecule has 0 bridgehead atoms. The molecule has 0 aliphatic rings. The van der Waals surface area contributed by atoms with Gasteiger partial charge in [-0.1, -0.05) is 23.7 Å². The van der Waals surface area contributed by atoms with E-state index in [1.807, 2.05) is 0 Å². The van der Waals surface area contributed by atoms with Crippen LogP contribution in [-0.4, -0.2) is 14.5 Å². The maximum Gasteiger partial charge on any atom is 0.299 e. The summed E-state index contributed by atoms with van der Waals surface area (Å²) in [6.45, 7) is 3.46. The topological polar surface area (TPSA) is 63.4 Å². The van der Waals surface area contributed by atoms with Gasteiger partial charge in [-0.05, 0) is 26.0 Å². The van der Waals surface area contributed by atoms with Gasteiger partial charge in [-0.25, -0.2) is 5.14 Å². The number of halogens is 1. The van der Waals surface area contributed by atoms with Gasteiger partial charge in [-0.2, -0.15) is 8.42 Å². The predicted molar refractivity (Wildman–Crippen MR) is 62.2 cm³/mol.